The average molecular weight is 545 g/mol. The van der Waals surface area contributed by atoms with Crippen LogP contribution in [0.5, 0.6) is 0 Å². The van der Waals surface area contributed by atoms with Crippen LogP contribution >= 0.6 is 0 Å². The first kappa shape index (κ1) is 28.7. The molecule has 216 valence electrons. The highest BCUT2D eigenvalue weighted by molar-refractivity contribution is 5.88. The lowest BCUT2D eigenvalue weighted by atomic mass is 9.92. The molecule has 5 rings (SSSR count). The number of para-hydroxylation sites is 1. The molecule has 3 aliphatic rings. The van der Waals surface area contributed by atoms with E-state index in [0.717, 1.165) is 77.9 Å². The van der Waals surface area contributed by atoms with Crippen LogP contribution in [-0.2, 0) is 22.6 Å². The van der Waals surface area contributed by atoms with E-state index in [1.54, 1.807) is 0 Å². The van der Waals surface area contributed by atoms with Crippen molar-refractivity contribution >= 4 is 17.5 Å². The third-order valence-electron chi connectivity index (χ3n) is 9.16. The lowest BCUT2D eigenvalue weighted by Gasteiger charge is -2.39. The topological polar surface area (TPSA) is 47.1 Å². The van der Waals surface area contributed by atoms with Crippen LogP contribution in [0.15, 0.2) is 48.5 Å². The smallest absolute Gasteiger partial charge is 0.245 e. The Bertz CT molecular complexity index is 1130. The summed E-state index contributed by atoms with van der Waals surface area (Å²) in [7, 11) is 0. The molecule has 40 heavy (non-hydrogen) atoms. The van der Waals surface area contributed by atoms with Gasteiger partial charge in [0.15, 0.2) is 0 Å². The van der Waals surface area contributed by atoms with Gasteiger partial charge in [0.1, 0.15) is 6.04 Å². The van der Waals surface area contributed by atoms with E-state index in [4.69, 9.17) is 0 Å². The Balaban J connectivity index is 1.07. The molecule has 2 fully saturated rings. The molecule has 2 amide bonds. The van der Waals surface area contributed by atoms with Crippen molar-refractivity contribution in [1.29, 1.82) is 0 Å². The van der Waals surface area contributed by atoms with Crippen molar-refractivity contribution in [3.05, 3.63) is 65.2 Å². The fraction of sp³-hybridized carbons (Fsp3) is 0.588. The molecule has 2 aromatic carbocycles. The van der Waals surface area contributed by atoms with E-state index in [9.17, 15) is 9.59 Å². The molecule has 3 heterocycles. The van der Waals surface area contributed by atoms with Gasteiger partial charge >= 0.3 is 0 Å². The normalized spacial score (nSPS) is 20.1. The van der Waals surface area contributed by atoms with Gasteiger partial charge in [-0.25, -0.2) is 0 Å². The summed E-state index contributed by atoms with van der Waals surface area (Å²) in [5.74, 6) is 0.829. The lowest BCUT2D eigenvalue weighted by Crippen LogP contribution is -2.54. The van der Waals surface area contributed by atoms with Gasteiger partial charge in [0.05, 0.1) is 0 Å². The second-order valence-electron chi connectivity index (χ2n) is 12.2. The molecule has 2 saturated heterocycles. The Morgan fingerprint density at radius 1 is 0.800 bits per heavy atom. The number of unbranched alkanes of at least 4 members (excludes halogenated alkanes) is 2. The Labute approximate surface area is 241 Å². The number of hydrogen-bond donors (Lipinski definition) is 0. The number of carbonyl (C=O) groups excluding carboxylic acids is 2. The fourth-order valence-corrected chi connectivity index (χ4v) is 6.74. The van der Waals surface area contributed by atoms with E-state index in [1.165, 1.54) is 28.8 Å². The number of amides is 2. The quantitative estimate of drug-likeness (QED) is 0.394. The molecular formula is C34H48N4O2. The maximum Gasteiger partial charge on any atom is 0.245 e. The number of anilines is 1. The van der Waals surface area contributed by atoms with Crippen molar-refractivity contribution in [2.45, 2.75) is 83.7 Å². The molecule has 0 bridgehead atoms. The molecule has 0 spiro atoms. The number of piperidine rings is 1. The predicted molar refractivity (Wildman–Crippen MR) is 163 cm³/mol. The number of nitrogens with zero attached hydrogens (tertiary/aromatic N) is 4. The zero-order chi connectivity index (χ0) is 27.9. The summed E-state index contributed by atoms with van der Waals surface area (Å²) in [6, 6.07) is 16.8. The van der Waals surface area contributed by atoms with E-state index in [0.29, 0.717) is 25.3 Å². The van der Waals surface area contributed by atoms with Crippen LogP contribution in [0, 0.1) is 0 Å². The van der Waals surface area contributed by atoms with Crippen LogP contribution in [0.2, 0.25) is 0 Å². The van der Waals surface area contributed by atoms with E-state index in [1.807, 2.05) is 21.9 Å². The number of likely N-dealkylation sites (tertiary alicyclic amines) is 1. The van der Waals surface area contributed by atoms with Crippen molar-refractivity contribution in [2.24, 2.45) is 0 Å². The summed E-state index contributed by atoms with van der Waals surface area (Å²) >= 11 is 0. The fourth-order valence-electron chi connectivity index (χ4n) is 6.74. The van der Waals surface area contributed by atoms with Gasteiger partial charge in [0, 0.05) is 64.3 Å². The summed E-state index contributed by atoms with van der Waals surface area (Å²) < 4.78 is 0. The Morgan fingerprint density at radius 2 is 1.50 bits per heavy atom. The Morgan fingerprint density at radius 3 is 2.25 bits per heavy atom. The highest BCUT2D eigenvalue weighted by Gasteiger charge is 2.36. The van der Waals surface area contributed by atoms with Crippen LogP contribution in [0.1, 0.15) is 81.4 Å². The third-order valence-corrected chi connectivity index (χ3v) is 9.16. The Hall–Kier alpha value is -2.86. The van der Waals surface area contributed by atoms with Crippen molar-refractivity contribution < 1.29 is 9.59 Å². The molecule has 3 aliphatic heterocycles. The van der Waals surface area contributed by atoms with Crippen molar-refractivity contribution in [3.8, 4) is 0 Å². The minimum atomic E-state index is -0.349. The number of carbonyl (C=O) groups is 2. The van der Waals surface area contributed by atoms with Gasteiger partial charge in [-0.2, -0.15) is 0 Å². The van der Waals surface area contributed by atoms with Gasteiger partial charge in [-0.1, -0.05) is 62.7 Å². The molecule has 6 heteroatoms. The molecule has 2 aromatic rings. The van der Waals surface area contributed by atoms with Gasteiger partial charge in [0.2, 0.25) is 11.8 Å². The first-order valence-corrected chi connectivity index (χ1v) is 15.7. The van der Waals surface area contributed by atoms with E-state index in [-0.39, 0.29) is 17.9 Å². The zero-order valence-corrected chi connectivity index (χ0v) is 24.7. The molecule has 0 radical (unpaired) electrons. The lowest BCUT2D eigenvalue weighted by molar-refractivity contribution is -0.147. The molecule has 1 atom stereocenters. The standard InChI is InChI=1S/C34H48N4O2/c1-27(2)30-15-8-9-16-31(30)36-23-21-35(22-24-36)18-10-3-5-17-33(39)38-26-29-14-7-6-13-28(29)25-32(38)34(40)37-19-11-4-12-20-37/h6-9,13-16,27,32H,3-5,10-12,17-26H2,1-2H3/t32-/m0/s1. The van der Waals surface area contributed by atoms with Gasteiger partial charge in [0.25, 0.3) is 0 Å². The number of benzene rings is 2. The number of rotatable bonds is 9. The van der Waals surface area contributed by atoms with Gasteiger partial charge in [-0.3, -0.25) is 14.5 Å². The van der Waals surface area contributed by atoms with Crippen LogP contribution < -0.4 is 4.90 Å². The van der Waals surface area contributed by atoms with Crippen LogP contribution in [0.3, 0.4) is 0 Å². The first-order chi connectivity index (χ1) is 19.5. The van der Waals surface area contributed by atoms with E-state index in [2.05, 4.69) is 60.0 Å². The summed E-state index contributed by atoms with van der Waals surface area (Å²) in [6.45, 7) is 12.2. The van der Waals surface area contributed by atoms with Crippen molar-refractivity contribution in [1.82, 2.24) is 14.7 Å². The third kappa shape index (κ3) is 6.88. The van der Waals surface area contributed by atoms with Crippen molar-refractivity contribution in [3.63, 3.8) is 0 Å². The van der Waals surface area contributed by atoms with Gasteiger partial charge in [-0.05, 0) is 67.3 Å². The number of fused-ring (bicyclic) bond motifs is 1. The monoisotopic (exact) mass is 544 g/mol. The maximum atomic E-state index is 13.5. The van der Waals surface area contributed by atoms with Gasteiger partial charge < -0.3 is 14.7 Å². The molecule has 0 unspecified atom stereocenters. The second-order valence-corrected chi connectivity index (χ2v) is 12.2. The molecule has 0 aliphatic carbocycles. The summed E-state index contributed by atoms with van der Waals surface area (Å²) in [4.78, 5) is 36.0. The van der Waals surface area contributed by atoms with Crippen molar-refractivity contribution in [2.75, 3.05) is 50.7 Å². The zero-order valence-electron chi connectivity index (χ0n) is 24.7. The molecular weight excluding hydrogens is 496 g/mol. The summed E-state index contributed by atoms with van der Waals surface area (Å²) in [5.41, 5.74) is 5.24. The second kappa shape index (κ2) is 13.7. The van der Waals surface area contributed by atoms with Crippen LogP contribution in [0.25, 0.3) is 0 Å². The highest BCUT2D eigenvalue weighted by Crippen LogP contribution is 2.29. The van der Waals surface area contributed by atoms with Gasteiger partial charge in [-0.15, -0.1) is 0 Å². The predicted octanol–water partition coefficient (Wildman–Crippen LogP) is 5.46. The number of hydrogen-bond acceptors (Lipinski definition) is 4. The largest absolute Gasteiger partial charge is 0.369 e. The van der Waals surface area contributed by atoms with E-state index < -0.39 is 0 Å². The SMILES string of the molecule is CC(C)c1ccccc1N1CCN(CCCCCC(=O)N2Cc3ccccc3C[C@H]2C(=O)N2CCCCC2)CC1. The first-order valence-electron chi connectivity index (χ1n) is 15.7. The minimum absolute atomic E-state index is 0.141. The molecule has 6 nitrogen and oxygen atoms in total. The summed E-state index contributed by atoms with van der Waals surface area (Å²) in [5, 5.41) is 0. The summed E-state index contributed by atoms with van der Waals surface area (Å²) in [6.07, 6.45) is 7.58. The number of piperazine rings is 1. The van der Waals surface area contributed by atoms with Crippen LogP contribution in [0.4, 0.5) is 5.69 Å². The average Bonchev–Trinajstić information content (AvgIpc) is 3.00. The minimum Gasteiger partial charge on any atom is -0.369 e. The van der Waals surface area contributed by atoms with E-state index >= 15 is 0 Å². The molecule has 0 N–H and O–H groups in total. The highest BCUT2D eigenvalue weighted by atomic mass is 16.2. The van der Waals surface area contributed by atoms with Crippen LogP contribution in [-0.4, -0.2) is 78.4 Å². The molecule has 0 aromatic heterocycles. The maximum absolute atomic E-state index is 13.5. The Kier molecular flexibility index (Phi) is 9.79. The molecule has 0 saturated carbocycles.